The number of carbonyl (C=O) groups is 2. The van der Waals surface area contributed by atoms with E-state index >= 15 is 0 Å². The highest BCUT2D eigenvalue weighted by Gasteiger charge is 2.27. The third-order valence-electron chi connectivity index (χ3n) is 2.42. The first kappa shape index (κ1) is 12.5. The van der Waals surface area contributed by atoms with Gasteiger partial charge in [0, 0.05) is 10.5 Å². The summed E-state index contributed by atoms with van der Waals surface area (Å²) in [5, 5.41) is 13.1. The van der Waals surface area contributed by atoms with Crippen molar-refractivity contribution in [3.05, 3.63) is 32.8 Å². The summed E-state index contributed by atoms with van der Waals surface area (Å²) in [5.74, 6) is -0.938. The fourth-order valence-corrected chi connectivity index (χ4v) is 2.07. The van der Waals surface area contributed by atoms with Crippen LogP contribution in [0.2, 0.25) is 0 Å². The number of imide groups is 1. The van der Waals surface area contributed by atoms with Crippen molar-refractivity contribution in [2.45, 2.75) is 0 Å². The normalized spacial score (nSPS) is 15.5. The molecule has 1 N–H and O–H groups in total. The number of nitrogens with zero attached hydrogens (tertiary/aromatic N) is 2. The lowest BCUT2D eigenvalue weighted by Crippen LogP contribution is -2.51. The topological polar surface area (TPSA) is 92.6 Å². The Balaban J connectivity index is 2.41. The summed E-state index contributed by atoms with van der Waals surface area (Å²) < 4.78 is 0.561. The number of carbonyl (C=O) groups excluding carboxylic acids is 2. The number of nitro benzene ring substituents is 1. The molecule has 0 spiro atoms. The number of piperazine rings is 1. The number of rotatable bonds is 2. The van der Waals surface area contributed by atoms with Crippen molar-refractivity contribution in [3.63, 3.8) is 0 Å². The number of nitro groups is 1. The molecule has 0 aliphatic carbocycles. The van der Waals surface area contributed by atoms with Crippen LogP contribution in [0.15, 0.2) is 22.7 Å². The number of benzene rings is 1. The second-order valence-corrected chi connectivity index (χ2v) is 4.63. The average molecular weight is 314 g/mol. The molecule has 2 amide bonds. The van der Waals surface area contributed by atoms with Crippen LogP contribution in [-0.2, 0) is 9.59 Å². The summed E-state index contributed by atoms with van der Waals surface area (Å²) in [7, 11) is 0. The molecule has 0 radical (unpaired) electrons. The molecule has 1 aromatic carbocycles. The Morgan fingerprint density at radius 3 is 2.44 bits per heavy atom. The van der Waals surface area contributed by atoms with Gasteiger partial charge in [-0.2, -0.15) is 0 Å². The molecule has 1 aliphatic heterocycles. The van der Waals surface area contributed by atoms with Gasteiger partial charge in [-0.25, -0.2) is 0 Å². The van der Waals surface area contributed by atoms with E-state index in [1.807, 2.05) is 0 Å². The van der Waals surface area contributed by atoms with Crippen molar-refractivity contribution in [2.24, 2.45) is 0 Å². The maximum atomic E-state index is 11.3. The van der Waals surface area contributed by atoms with Gasteiger partial charge in [0.15, 0.2) is 0 Å². The monoisotopic (exact) mass is 313 g/mol. The molecule has 94 valence electrons. The van der Waals surface area contributed by atoms with Gasteiger partial charge >= 0.3 is 0 Å². The van der Waals surface area contributed by atoms with Crippen molar-refractivity contribution in [2.75, 3.05) is 18.0 Å². The second kappa shape index (κ2) is 4.73. The van der Waals surface area contributed by atoms with Crippen molar-refractivity contribution >= 4 is 39.1 Å². The summed E-state index contributed by atoms with van der Waals surface area (Å²) in [6.45, 7) is -0.150. The molecule has 0 bridgehead atoms. The van der Waals surface area contributed by atoms with Crippen LogP contribution in [0.25, 0.3) is 0 Å². The predicted octanol–water partition coefficient (Wildman–Crippen LogP) is 0.820. The van der Waals surface area contributed by atoms with Crippen molar-refractivity contribution in [3.8, 4) is 0 Å². The van der Waals surface area contributed by atoms with Gasteiger partial charge in [-0.15, -0.1) is 0 Å². The van der Waals surface area contributed by atoms with E-state index in [1.165, 1.54) is 17.0 Å². The van der Waals surface area contributed by atoms with E-state index in [4.69, 9.17) is 0 Å². The van der Waals surface area contributed by atoms with Gasteiger partial charge in [-0.05, 0) is 12.1 Å². The highest BCUT2D eigenvalue weighted by Crippen LogP contribution is 2.31. The Hall–Kier alpha value is -1.96. The lowest BCUT2D eigenvalue weighted by molar-refractivity contribution is -0.384. The number of nitrogens with one attached hydrogen (secondary N) is 1. The highest BCUT2D eigenvalue weighted by molar-refractivity contribution is 9.10. The minimum absolute atomic E-state index is 0.0752. The number of anilines is 1. The van der Waals surface area contributed by atoms with E-state index in [0.717, 1.165) is 0 Å². The van der Waals surface area contributed by atoms with Crippen LogP contribution >= 0.6 is 15.9 Å². The Labute approximate surface area is 110 Å². The van der Waals surface area contributed by atoms with Gasteiger partial charge in [0.05, 0.1) is 18.0 Å². The number of hydrogen-bond donors (Lipinski definition) is 1. The van der Waals surface area contributed by atoms with E-state index in [1.54, 1.807) is 6.07 Å². The van der Waals surface area contributed by atoms with Crippen molar-refractivity contribution in [1.82, 2.24) is 5.32 Å². The highest BCUT2D eigenvalue weighted by atomic mass is 79.9. The fourth-order valence-electron chi connectivity index (χ4n) is 1.72. The van der Waals surface area contributed by atoms with E-state index in [0.29, 0.717) is 4.47 Å². The van der Waals surface area contributed by atoms with Crippen LogP contribution in [0.3, 0.4) is 0 Å². The molecule has 1 heterocycles. The van der Waals surface area contributed by atoms with Crippen LogP contribution < -0.4 is 10.2 Å². The molecule has 8 heteroatoms. The maximum Gasteiger partial charge on any atom is 0.293 e. The standard InChI is InChI=1S/C10H8BrN3O4/c11-6-1-2-7(8(3-6)14(17)18)13-4-9(15)12-10(16)5-13/h1-3H,4-5H2,(H,12,15,16). The minimum Gasteiger partial charge on any atom is -0.347 e. The zero-order chi connectivity index (χ0) is 13.3. The van der Waals surface area contributed by atoms with E-state index in [-0.39, 0.29) is 24.5 Å². The van der Waals surface area contributed by atoms with Crippen LogP contribution in [-0.4, -0.2) is 29.8 Å². The van der Waals surface area contributed by atoms with Gasteiger partial charge in [-0.1, -0.05) is 15.9 Å². The summed E-state index contributed by atoms with van der Waals surface area (Å²) >= 11 is 3.14. The molecule has 18 heavy (non-hydrogen) atoms. The summed E-state index contributed by atoms with van der Waals surface area (Å²) in [4.78, 5) is 34.3. The Kier molecular flexibility index (Phi) is 3.28. The van der Waals surface area contributed by atoms with E-state index < -0.39 is 16.7 Å². The smallest absolute Gasteiger partial charge is 0.293 e. The lowest BCUT2D eigenvalue weighted by Gasteiger charge is -2.26. The number of amides is 2. The first-order valence-corrected chi connectivity index (χ1v) is 5.78. The predicted molar refractivity (Wildman–Crippen MR) is 66.2 cm³/mol. The summed E-state index contributed by atoms with van der Waals surface area (Å²) in [6, 6.07) is 4.47. The Bertz CT molecular complexity index is 530. The third kappa shape index (κ3) is 2.48. The zero-order valence-corrected chi connectivity index (χ0v) is 10.6. The summed E-state index contributed by atoms with van der Waals surface area (Å²) in [6.07, 6.45) is 0. The zero-order valence-electron chi connectivity index (χ0n) is 9.05. The lowest BCUT2D eigenvalue weighted by atomic mass is 10.2. The molecule has 0 atom stereocenters. The first-order chi connectivity index (χ1) is 8.47. The molecule has 1 saturated heterocycles. The number of hydrogen-bond acceptors (Lipinski definition) is 5. The van der Waals surface area contributed by atoms with Gasteiger partial charge in [-0.3, -0.25) is 25.0 Å². The molecule has 1 aromatic rings. The van der Waals surface area contributed by atoms with E-state index in [9.17, 15) is 19.7 Å². The largest absolute Gasteiger partial charge is 0.347 e. The third-order valence-corrected chi connectivity index (χ3v) is 2.92. The van der Waals surface area contributed by atoms with Gasteiger partial charge in [0.25, 0.3) is 5.69 Å². The van der Waals surface area contributed by atoms with Crippen LogP contribution in [0.4, 0.5) is 11.4 Å². The van der Waals surface area contributed by atoms with Gasteiger partial charge < -0.3 is 4.90 Å². The second-order valence-electron chi connectivity index (χ2n) is 3.72. The van der Waals surface area contributed by atoms with Crippen LogP contribution in [0.1, 0.15) is 0 Å². The Morgan fingerprint density at radius 2 is 1.89 bits per heavy atom. The molecule has 1 fully saturated rings. The maximum absolute atomic E-state index is 11.3. The van der Waals surface area contributed by atoms with Gasteiger partial charge in [0.1, 0.15) is 5.69 Å². The number of halogens is 1. The Morgan fingerprint density at radius 1 is 1.28 bits per heavy atom. The summed E-state index contributed by atoms with van der Waals surface area (Å²) in [5.41, 5.74) is 0.110. The molecular formula is C10H8BrN3O4. The average Bonchev–Trinajstić information content (AvgIpc) is 2.27. The SMILES string of the molecule is O=C1CN(c2ccc(Br)cc2[N+](=O)[O-])CC(=O)N1. The molecule has 7 nitrogen and oxygen atoms in total. The minimum atomic E-state index is -0.545. The molecular weight excluding hydrogens is 306 g/mol. The fraction of sp³-hybridized carbons (Fsp3) is 0.200. The molecule has 0 saturated carbocycles. The quantitative estimate of drug-likeness (QED) is 0.496. The molecule has 0 aromatic heterocycles. The van der Waals surface area contributed by atoms with Gasteiger partial charge in [0.2, 0.25) is 11.8 Å². The molecule has 2 rings (SSSR count). The van der Waals surface area contributed by atoms with Crippen LogP contribution in [0, 0.1) is 10.1 Å². The molecule has 1 aliphatic rings. The van der Waals surface area contributed by atoms with Crippen molar-refractivity contribution in [1.29, 1.82) is 0 Å². The van der Waals surface area contributed by atoms with Crippen molar-refractivity contribution < 1.29 is 14.5 Å². The van der Waals surface area contributed by atoms with Crippen LogP contribution in [0.5, 0.6) is 0 Å². The van der Waals surface area contributed by atoms with E-state index in [2.05, 4.69) is 21.2 Å². The molecule has 0 unspecified atom stereocenters. The first-order valence-electron chi connectivity index (χ1n) is 4.99.